The van der Waals surface area contributed by atoms with Crippen molar-refractivity contribution in [2.75, 3.05) is 16.8 Å². The Labute approximate surface area is 139 Å². The van der Waals surface area contributed by atoms with Crippen molar-refractivity contribution in [1.29, 1.82) is 0 Å². The van der Waals surface area contributed by atoms with E-state index in [-0.39, 0.29) is 5.69 Å². The summed E-state index contributed by atoms with van der Waals surface area (Å²) in [6.45, 7) is 0.436. The van der Waals surface area contributed by atoms with Crippen molar-refractivity contribution in [3.05, 3.63) is 58.1 Å². The van der Waals surface area contributed by atoms with Gasteiger partial charge in [0.15, 0.2) is 0 Å². The number of carbonyl (C=O) groups is 1. The van der Waals surface area contributed by atoms with Gasteiger partial charge < -0.3 is 5.32 Å². The van der Waals surface area contributed by atoms with E-state index in [0.29, 0.717) is 13.0 Å². The molecule has 3 rings (SSSR count). The summed E-state index contributed by atoms with van der Waals surface area (Å²) in [7, 11) is 0. The Bertz CT molecular complexity index is 761. The van der Waals surface area contributed by atoms with E-state index in [2.05, 4.69) is 21.2 Å². The number of hydrogen-bond donors (Lipinski definition) is 1. The Morgan fingerprint density at radius 2 is 1.91 bits per heavy atom. The van der Waals surface area contributed by atoms with Gasteiger partial charge in [0.05, 0.1) is 11.3 Å². The molecule has 0 spiro atoms. The molecule has 0 bridgehead atoms. The highest BCUT2D eigenvalue weighted by molar-refractivity contribution is 9.10. The molecular weight excluding hydrogens is 373 g/mol. The van der Waals surface area contributed by atoms with Crippen LogP contribution in [0.3, 0.4) is 0 Å². The summed E-state index contributed by atoms with van der Waals surface area (Å²) in [6.07, 6.45) is -3.85. The molecular formula is C16H12BrF3N2O. The second kappa shape index (κ2) is 5.88. The summed E-state index contributed by atoms with van der Waals surface area (Å²) in [5.41, 5.74) is 0.605. The van der Waals surface area contributed by atoms with Crippen molar-refractivity contribution in [1.82, 2.24) is 0 Å². The summed E-state index contributed by atoms with van der Waals surface area (Å²) in [5.74, 6) is 0. The number of anilines is 2. The zero-order chi connectivity index (χ0) is 16.6. The van der Waals surface area contributed by atoms with Crippen LogP contribution in [0, 0.1) is 0 Å². The first-order chi connectivity index (χ1) is 10.9. The summed E-state index contributed by atoms with van der Waals surface area (Å²) in [5, 5.41) is 2.37. The Balaban J connectivity index is 1.85. The van der Waals surface area contributed by atoms with Crippen molar-refractivity contribution in [3.63, 3.8) is 0 Å². The molecule has 0 radical (unpaired) electrons. The lowest BCUT2D eigenvalue weighted by atomic mass is 10.1. The highest BCUT2D eigenvalue weighted by Crippen LogP contribution is 2.35. The average molecular weight is 385 g/mol. The molecule has 23 heavy (non-hydrogen) atoms. The molecule has 7 heteroatoms. The predicted octanol–water partition coefficient (Wildman–Crippen LogP) is 5.06. The fourth-order valence-electron chi connectivity index (χ4n) is 2.60. The zero-order valence-electron chi connectivity index (χ0n) is 11.8. The Morgan fingerprint density at radius 3 is 2.65 bits per heavy atom. The van der Waals surface area contributed by atoms with E-state index in [9.17, 15) is 18.0 Å². The van der Waals surface area contributed by atoms with E-state index in [0.717, 1.165) is 21.8 Å². The second-order valence-electron chi connectivity index (χ2n) is 5.15. The fourth-order valence-corrected chi connectivity index (χ4v) is 3.01. The van der Waals surface area contributed by atoms with Crippen molar-refractivity contribution in [3.8, 4) is 0 Å². The van der Waals surface area contributed by atoms with Gasteiger partial charge >= 0.3 is 12.2 Å². The maximum absolute atomic E-state index is 13.0. The molecule has 2 amide bonds. The minimum Gasteiger partial charge on any atom is -0.307 e. The van der Waals surface area contributed by atoms with Gasteiger partial charge in [-0.15, -0.1) is 0 Å². The normalized spacial score (nSPS) is 13.8. The summed E-state index contributed by atoms with van der Waals surface area (Å²) in [6, 6.07) is 9.87. The molecule has 0 aromatic heterocycles. The standard InChI is InChI=1S/C16H12BrF3N2O/c17-11-5-6-14-10(9-11)7-8-22(14)15(23)21-13-4-2-1-3-12(13)16(18,19)20/h1-6,9H,7-8H2,(H,21,23). The van der Waals surface area contributed by atoms with E-state index >= 15 is 0 Å². The molecule has 1 heterocycles. The van der Waals surface area contributed by atoms with Gasteiger partial charge in [0, 0.05) is 16.7 Å². The van der Waals surface area contributed by atoms with Crippen LogP contribution in [0.1, 0.15) is 11.1 Å². The van der Waals surface area contributed by atoms with Gasteiger partial charge in [0.1, 0.15) is 0 Å². The number of alkyl halides is 3. The molecule has 1 aliphatic rings. The number of carbonyl (C=O) groups excluding carboxylic acids is 1. The maximum atomic E-state index is 13.0. The Kier molecular flexibility index (Phi) is 4.06. The van der Waals surface area contributed by atoms with E-state index < -0.39 is 17.8 Å². The van der Waals surface area contributed by atoms with Gasteiger partial charge in [-0.05, 0) is 42.3 Å². The Hall–Kier alpha value is -2.02. The molecule has 0 unspecified atom stereocenters. The van der Waals surface area contributed by atoms with Crippen LogP contribution in [0.25, 0.3) is 0 Å². The van der Waals surface area contributed by atoms with Gasteiger partial charge in [-0.3, -0.25) is 4.90 Å². The number of nitrogens with zero attached hydrogens (tertiary/aromatic N) is 1. The molecule has 2 aromatic rings. The zero-order valence-corrected chi connectivity index (χ0v) is 13.4. The van der Waals surface area contributed by atoms with Crippen LogP contribution in [0.4, 0.5) is 29.3 Å². The number of para-hydroxylation sites is 1. The van der Waals surface area contributed by atoms with Gasteiger partial charge in [-0.1, -0.05) is 28.1 Å². The first kappa shape index (κ1) is 15.9. The molecule has 1 N–H and O–H groups in total. The van der Waals surface area contributed by atoms with Crippen LogP contribution in [0.2, 0.25) is 0 Å². The third-order valence-corrected chi connectivity index (χ3v) is 4.15. The highest BCUT2D eigenvalue weighted by Gasteiger charge is 2.34. The predicted molar refractivity (Wildman–Crippen MR) is 85.7 cm³/mol. The minimum absolute atomic E-state index is 0.240. The number of benzene rings is 2. The van der Waals surface area contributed by atoms with Crippen molar-refractivity contribution in [2.45, 2.75) is 12.6 Å². The first-order valence-corrected chi connectivity index (χ1v) is 7.69. The average Bonchev–Trinajstić information content (AvgIpc) is 2.89. The van der Waals surface area contributed by atoms with Crippen molar-refractivity contribution < 1.29 is 18.0 Å². The number of hydrogen-bond acceptors (Lipinski definition) is 1. The van der Waals surface area contributed by atoms with Crippen LogP contribution < -0.4 is 10.2 Å². The number of amides is 2. The maximum Gasteiger partial charge on any atom is 0.418 e. The van der Waals surface area contributed by atoms with Crippen molar-refractivity contribution >= 4 is 33.3 Å². The van der Waals surface area contributed by atoms with Gasteiger partial charge in [0.2, 0.25) is 0 Å². The highest BCUT2D eigenvalue weighted by atomic mass is 79.9. The van der Waals surface area contributed by atoms with E-state index in [4.69, 9.17) is 0 Å². The molecule has 1 aliphatic heterocycles. The fraction of sp³-hybridized carbons (Fsp3) is 0.188. The van der Waals surface area contributed by atoms with Crippen LogP contribution >= 0.6 is 15.9 Å². The van der Waals surface area contributed by atoms with Crippen LogP contribution in [-0.4, -0.2) is 12.6 Å². The lowest BCUT2D eigenvalue weighted by Crippen LogP contribution is -2.34. The Morgan fingerprint density at radius 1 is 1.17 bits per heavy atom. The lowest BCUT2D eigenvalue weighted by Gasteiger charge is -2.20. The number of nitrogens with one attached hydrogen (secondary N) is 1. The molecule has 0 saturated heterocycles. The molecule has 2 aromatic carbocycles. The lowest BCUT2D eigenvalue weighted by molar-refractivity contribution is -0.136. The van der Waals surface area contributed by atoms with Gasteiger partial charge in [-0.2, -0.15) is 13.2 Å². The van der Waals surface area contributed by atoms with Crippen molar-refractivity contribution in [2.24, 2.45) is 0 Å². The molecule has 0 atom stereocenters. The smallest absolute Gasteiger partial charge is 0.307 e. The van der Waals surface area contributed by atoms with Gasteiger partial charge in [-0.25, -0.2) is 4.79 Å². The molecule has 120 valence electrons. The molecule has 0 fully saturated rings. The largest absolute Gasteiger partial charge is 0.418 e. The summed E-state index contributed by atoms with van der Waals surface area (Å²) >= 11 is 3.36. The van der Waals surface area contributed by atoms with Crippen LogP contribution in [0.5, 0.6) is 0 Å². The quantitative estimate of drug-likeness (QED) is 0.731. The number of halogens is 4. The first-order valence-electron chi connectivity index (χ1n) is 6.89. The van der Waals surface area contributed by atoms with E-state index in [1.807, 2.05) is 6.07 Å². The van der Waals surface area contributed by atoms with E-state index in [1.165, 1.54) is 23.1 Å². The third-order valence-electron chi connectivity index (χ3n) is 3.66. The monoisotopic (exact) mass is 384 g/mol. The number of urea groups is 1. The topological polar surface area (TPSA) is 32.3 Å². The number of rotatable bonds is 1. The minimum atomic E-state index is -4.52. The molecule has 0 aliphatic carbocycles. The third kappa shape index (κ3) is 3.19. The number of fused-ring (bicyclic) bond motifs is 1. The second-order valence-corrected chi connectivity index (χ2v) is 6.06. The molecule has 3 nitrogen and oxygen atoms in total. The van der Waals surface area contributed by atoms with Gasteiger partial charge in [0.25, 0.3) is 0 Å². The summed E-state index contributed by atoms with van der Waals surface area (Å²) < 4.78 is 39.9. The van der Waals surface area contributed by atoms with E-state index in [1.54, 1.807) is 12.1 Å². The molecule has 0 saturated carbocycles. The van der Waals surface area contributed by atoms with Crippen LogP contribution in [-0.2, 0) is 12.6 Å². The SMILES string of the molecule is O=C(Nc1ccccc1C(F)(F)F)N1CCc2cc(Br)ccc21. The summed E-state index contributed by atoms with van der Waals surface area (Å²) in [4.78, 5) is 13.8. The van der Waals surface area contributed by atoms with Crippen LogP contribution in [0.15, 0.2) is 46.9 Å².